The van der Waals surface area contributed by atoms with E-state index in [-0.39, 0.29) is 5.78 Å². The molecule has 0 fully saturated rings. The van der Waals surface area contributed by atoms with Gasteiger partial charge < -0.3 is 4.90 Å². The van der Waals surface area contributed by atoms with Crippen LogP contribution in [-0.4, -0.2) is 24.8 Å². The van der Waals surface area contributed by atoms with Crippen molar-refractivity contribution in [1.29, 1.82) is 0 Å². The Bertz CT molecular complexity index is 157. The maximum Gasteiger partial charge on any atom is 0.152 e. The lowest BCUT2D eigenvalue weighted by Gasteiger charge is -2.00. The molecule has 56 valence electrons. The molecule has 0 N–H and O–H groups in total. The van der Waals surface area contributed by atoms with Gasteiger partial charge in [0.1, 0.15) is 0 Å². The van der Waals surface area contributed by atoms with Crippen molar-refractivity contribution in [2.24, 2.45) is 0 Å². The fraction of sp³-hybridized carbons (Fsp3) is 0.375. The number of allylic oxidation sites excluding steroid dienone is 3. The summed E-state index contributed by atoms with van der Waals surface area (Å²) in [4.78, 5) is 12.3. The van der Waals surface area contributed by atoms with E-state index in [1.807, 2.05) is 31.3 Å². The van der Waals surface area contributed by atoms with Crippen LogP contribution in [0.3, 0.4) is 0 Å². The maximum atomic E-state index is 10.4. The van der Waals surface area contributed by atoms with Crippen LogP contribution in [0, 0.1) is 0 Å². The van der Waals surface area contributed by atoms with Crippen LogP contribution in [0.4, 0.5) is 0 Å². The van der Waals surface area contributed by atoms with Crippen molar-refractivity contribution in [3.05, 3.63) is 24.4 Å². The molecule has 0 aromatic carbocycles. The van der Waals surface area contributed by atoms with Gasteiger partial charge in [0.05, 0.1) is 0 Å². The van der Waals surface area contributed by atoms with Gasteiger partial charge in [0.15, 0.2) is 5.78 Å². The smallest absolute Gasteiger partial charge is 0.152 e. The number of rotatable bonds is 3. The van der Waals surface area contributed by atoms with Crippen LogP contribution in [0.1, 0.15) is 6.92 Å². The summed E-state index contributed by atoms with van der Waals surface area (Å²) >= 11 is 0. The Balaban J connectivity index is 3.62. The molecule has 0 aliphatic heterocycles. The summed E-state index contributed by atoms with van der Waals surface area (Å²) in [5.41, 5.74) is 0. The van der Waals surface area contributed by atoms with E-state index in [0.29, 0.717) is 0 Å². The molecule has 0 amide bonds. The van der Waals surface area contributed by atoms with E-state index in [2.05, 4.69) is 0 Å². The summed E-state index contributed by atoms with van der Waals surface area (Å²) in [6.07, 6.45) is 6.95. The topological polar surface area (TPSA) is 20.3 Å². The molecule has 0 aliphatic carbocycles. The number of carbonyl (C=O) groups is 1. The third-order valence-electron chi connectivity index (χ3n) is 0.826. The summed E-state index contributed by atoms with van der Waals surface area (Å²) in [6, 6.07) is 0. The van der Waals surface area contributed by atoms with Crippen molar-refractivity contribution >= 4 is 5.78 Å². The molecule has 0 unspecified atom stereocenters. The number of carbonyl (C=O) groups excluding carboxylic acids is 1. The summed E-state index contributed by atoms with van der Waals surface area (Å²) in [5.74, 6) is 0.0726. The SMILES string of the molecule is CC(=O)/C=C\C=C/N(C)C. The van der Waals surface area contributed by atoms with Gasteiger partial charge in [0.2, 0.25) is 0 Å². The summed E-state index contributed by atoms with van der Waals surface area (Å²) in [6.45, 7) is 1.53. The Hall–Kier alpha value is -1.05. The van der Waals surface area contributed by atoms with Crippen LogP contribution in [0.25, 0.3) is 0 Å². The van der Waals surface area contributed by atoms with Crippen molar-refractivity contribution < 1.29 is 4.79 Å². The van der Waals surface area contributed by atoms with Gasteiger partial charge in [-0.3, -0.25) is 4.79 Å². The largest absolute Gasteiger partial charge is 0.383 e. The van der Waals surface area contributed by atoms with Gasteiger partial charge in [-0.2, -0.15) is 0 Å². The van der Waals surface area contributed by atoms with E-state index in [1.165, 1.54) is 13.0 Å². The second-order valence-electron chi connectivity index (χ2n) is 2.27. The van der Waals surface area contributed by atoms with Crippen LogP contribution < -0.4 is 0 Å². The quantitative estimate of drug-likeness (QED) is 0.432. The van der Waals surface area contributed by atoms with Crippen LogP contribution >= 0.6 is 0 Å². The lowest BCUT2D eigenvalue weighted by Crippen LogP contribution is -1.99. The molecule has 2 nitrogen and oxygen atoms in total. The van der Waals surface area contributed by atoms with E-state index < -0.39 is 0 Å². The lowest BCUT2D eigenvalue weighted by atomic mass is 10.4. The van der Waals surface area contributed by atoms with Gasteiger partial charge in [0, 0.05) is 14.1 Å². The average Bonchev–Trinajstić information content (AvgIpc) is 1.79. The lowest BCUT2D eigenvalue weighted by molar-refractivity contribution is -0.112. The Labute approximate surface area is 61.8 Å². The van der Waals surface area contributed by atoms with Gasteiger partial charge in [-0.15, -0.1) is 0 Å². The highest BCUT2D eigenvalue weighted by molar-refractivity contribution is 5.87. The van der Waals surface area contributed by atoms with Crippen molar-refractivity contribution in [3.8, 4) is 0 Å². The van der Waals surface area contributed by atoms with Gasteiger partial charge in [-0.25, -0.2) is 0 Å². The first kappa shape index (κ1) is 8.95. The van der Waals surface area contributed by atoms with Crippen LogP contribution in [0.15, 0.2) is 24.4 Å². The Morgan fingerprint density at radius 3 is 2.30 bits per heavy atom. The number of nitrogens with zero attached hydrogens (tertiary/aromatic N) is 1. The monoisotopic (exact) mass is 139 g/mol. The average molecular weight is 139 g/mol. The third kappa shape index (κ3) is 6.95. The minimum Gasteiger partial charge on any atom is -0.383 e. The highest BCUT2D eigenvalue weighted by atomic mass is 16.1. The van der Waals surface area contributed by atoms with Gasteiger partial charge in [-0.1, -0.05) is 6.08 Å². The molecule has 0 rings (SSSR count). The molecular formula is C8H13NO. The first-order valence-corrected chi connectivity index (χ1v) is 3.15. The van der Waals surface area contributed by atoms with E-state index in [1.54, 1.807) is 6.08 Å². The van der Waals surface area contributed by atoms with Crippen LogP contribution in [0.5, 0.6) is 0 Å². The Kier molecular flexibility index (Phi) is 4.29. The highest BCUT2D eigenvalue weighted by Gasteiger charge is 1.77. The molecule has 0 bridgehead atoms. The predicted molar refractivity (Wildman–Crippen MR) is 42.6 cm³/mol. The molecule has 0 aromatic heterocycles. The number of hydrogen-bond acceptors (Lipinski definition) is 2. The second kappa shape index (κ2) is 4.79. The Morgan fingerprint density at radius 2 is 1.90 bits per heavy atom. The Morgan fingerprint density at radius 1 is 1.30 bits per heavy atom. The van der Waals surface area contributed by atoms with E-state index in [4.69, 9.17) is 0 Å². The van der Waals surface area contributed by atoms with Crippen molar-refractivity contribution in [1.82, 2.24) is 4.90 Å². The molecule has 0 atom stereocenters. The highest BCUT2D eigenvalue weighted by Crippen LogP contribution is 1.80. The fourth-order valence-corrected chi connectivity index (χ4v) is 0.413. The van der Waals surface area contributed by atoms with Crippen molar-refractivity contribution in [2.75, 3.05) is 14.1 Å². The molecule has 10 heavy (non-hydrogen) atoms. The van der Waals surface area contributed by atoms with Gasteiger partial charge in [-0.05, 0) is 25.3 Å². The molecule has 0 saturated carbocycles. The van der Waals surface area contributed by atoms with Crippen LogP contribution in [0.2, 0.25) is 0 Å². The maximum absolute atomic E-state index is 10.4. The zero-order valence-electron chi connectivity index (χ0n) is 6.66. The first-order valence-electron chi connectivity index (χ1n) is 3.15. The normalized spacial score (nSPS) is 11.1. The summed E-state index contributed by atoms with van der Waals surface area (Å²) in [7, 11) is 3.86. The molecule has 0 spiro atoms. The molecule has 0 aliphatic rings. The van der Waals surface area contributed by atoms with Gasteiger partial charge >= 0.3 is 0 Å². The zero-order valence-corrected chi connectivity index (χ0v) is 6.66. The number of hydrogen-bond donors (Lipinski definition) is 0. The standard InChI is InChI=1S/C8H13NO/c1-8(10)6-4-5-7-9(2)3/h4-7H,1-3H3/b6-4-,7-5-. The van der Waals surface area contributed by atoms with E-state index in [0.717, 1.165) is 0 Å². The zero-order chi connectivity index (χ0) is 7.98. The molecule has 0 radical (unpaired) electrons. The first-order chi connectivity index (χ1) is 4.63. The third-order valence-corrected chi connectivity index (χ3v) is 0.826. The molecule has 0 aromatic rings. The van der Waals surface area contributed by atoms with Crippen molar-refractivity contribution in [2.45, 2.75) is 6.92 Å². The van der Waals surface area contributed by atoms with Crippen LogP contribution in [-0.2, 0) is 4.79 Å². The number of ketones is 1. The summed E-state index contributed by atoms with van der Waals surface area (Å²) in [5, 5.41) is 0. The minimum absolute atomic E-state index is 0.0726. The minimum atomic E-state index is 0.0726. The van der Waals surface area contributed by atoms with E-state index >= 15 is 0 Å². The molecule has 0 saturated heterocycles. The van der Waals surface area contributed by atoms with E-state index in [9.17, 15) is 4.79 Å². The summed E-state index contributed by atoms with van der Waals surface area (Å²) < 4.78 is 0. The van der Waals surface area contributed by atoms with Gasteiger partial charge in [0.25, 0.3) is 0 Å². The van der Waals surface area contributed by atoms with Crippen molar-refractivity contribution in [3.63, 3.8) is 0 Å². The molecule has 0 heterocycles. The molecular weight excluding hydrogens is 126 g/mol. The second-order valence-corrected chi connectivity index (χ2v) is 2.27. The molecule has 2 heteroatoms. The predicted octanol–water partition coefficient (Wildman–Crippen LogP) is 1.21. The fourth-order valence-electron chi connectivity index (χ4n) is 0.413.